The van der Waals surface area contributed by atoms with Crippen molar-refractivity contribution >= 4 is 34.9 Å². The molecule has 0 bridgehead atoms. The van der Waals surface area contributed by atoms with E-state index in [4.69, 9.17) is 4.74 Å². The Morgan fingerprint density at radius 1 is 1.00 bits per heavy atom. The molecule has 2 aromatic carbocycles. The highest BCUT2D eigenvalue weighted by atomic mass is 32.1. The Morgan fingerprint density at radius 3 is 2.54 bits per heavy atom. The number of carbonyl (C=O) groups is 3. The Morgan fingerprint density at radius 2 is 1.76 bits per heavy atom. The van der Waals surface area contributed by atoms with E-state index in [9.17, 15) is 14.4 Å². The normalized spacial score (nSPS) is 16.7. The van der Waals surface area contributed by atoms with Gasteiger partial charge in [0.15, 0.2) is 0 Å². The fourth-order valence-corrected chi connectivity index (χ4v) is 6.25. The van der Waals surface area contributed by atoms with Crippen LogP contribution in [0, 0.1) is 0 Å². The lowest BCUT2D eigenvalue weighted by Gasteiger charge is -2.32. The smallest absolute Gasteiger partial charge is 0.411 e. The largest absolute Gasteiger partial charge is 0.446 e. The molecule has 0 saturated carbocycles. The van der Waals surface area contributed by atoms with Crippen LogP contribution in [0.2, 0.25) is 0 Å². The summed E-state index contributed by atoms with van der Waals surface area (Å²) in [7, 11) is 1.84. The molecule has 216 valence electrons. The van der Waals surface area contributed by atoms with Crippen LogP contribution in [0.1, 0.15) is 27.4 Å². The number of nitrogens with one attached hydrogen (secondary N) is 2. The lowest BCUT2D eigenvalue weighted by Crippen LogP contribution is -2.46. The van der Waals surface area contributed by atoms with Crippen LogP contribution in [-0.4, -0.2) is 91.6 Å². The van der Waals surface area contributed by atoms with E-state index >= 15 is 0 Å². The highest BCUT2D eigenvalue weighted by Crippen LogP contribution is 2.28. The van der Waals surface area contributed by atoms with Crippen LogP contribution in [0.4, 0.5) is 10.5 Å². The van der Waals surface area contributed by atoms with Gasteiger partial charge in [-0.1, -0.05) is 48.5 Å². The van der Waals surface area contributed by atoms with Crippen molar-refractivity contribution in [1.29, 1.82) is 0 Å². The maximum atomic E-state index is 13.0. The molecule has 3 heterocycles. The van der Waals surface area contributed by atoms with Gasteiger partial charge in [-0.2, -0.15) is 0 Å². The first-order valence-corrected chi connectivity index (χ1v) is 14.9. The summed E-state index contributed by atoms with van der Waals surface area (Å²) < 4.78 is 5.75. The van der Waals surface area contributed by atoms with Gasteiger partial charge in [-0.05, 0) is 36.6 Å². The number of amides is 3. The van der Waals surface area contributed by atoms with E-state index in [1.165, 1.54) is 11.3 Å². The third kappa shape index (κ3) is 7.93. The minimum atomic E-state index is -0.434. The topological polar surface area (TPSA) is 94.2 Å². The van der Waals surface area contributed by atoms with Gasteiger partial charge in [0.2, 0.25) is 5.91 Å². The van der Waals surface area contributed by atoms with Gasteiger partial charge >= 0.3 is 6.09 Å². The number of ether oxygens (including phenoxy) is 1. The molecule has 2 N–H and O–H groups in total. The molecule has 0 atom stereocenters. The van der Waals surface area contributed by atoms with E-state index in [1.54, 1.807) is 4.90 Å². The summed E-state index contributed by atoms with van der Waals surface area (Å²) in [5, 5.41) is 5.76. The second-order valence-corrected chi connectivity index (χ2v) is 11.7. The highest BCUT2D eigenvalue weighted by Gasteiger charge is 2.24. The zero-order valence-electron chi connectivity index (χ0n) is 23.4. The van der Waals surface area contributed by atoms with Gasteiger partial charge < -0.3 is 19.9 Å². The van der Waals surface area contributed by atoms with Crippen LogP contribution in [0.3, 0.4) is 0 Å². The quantitative estimate of drug-likeness (QED) is 0.399. The highest BCUT2D eigenvalue weighted by molar-refractivity contribution is 7.14. The average molecular weight is 576 g/mol. The summed E-state index contributed by atoms with van der Waals surface area (Å²) in [4.78, 5) is 45.3. The monoisotopic (exact) mass is 575 g/mol. The Labute approximate surface area is 245 Å². The maximum Gasteiger partial charge on any atom is 0.411 e. The molecular formula is C31H37N5O4S. The first-order valence-electron chi connectivity index (χ1n) is 14.1. The summed E-state index contributed by atoms with van der Waals surface area (Å²) in [5.41, 5.74) is 2.71. The van der Waals surface area contributed by atoms with Crippen molar-refractivity contribution in [1.82, 2.24) is 20.0 Å². The number of anilines is 1. The first-order chi connectivity index (χ1) is 19.9. The van der Waals surface area contributed by atoms with E-state index in [1.807, 2.05) is 73.8 Å². The molecule has 41 heavy (non-hydrogen) atoms. The minimum absolute atomic E-state index is 0.0170. The van der Waals surface area contributed by atoms with Gasteiger partial charge in [-0.15, -0.1) is 11.3 Å². The fraction of sp³-hybridized carbons (Fsp3) is 0.387. The molecule has 0 unspecified atom stereocenters. The molecule has 2 fully saturated rings. The number of rotatable bonds is 9. The van der Waals surface area contributed by atoms with Crippen LogP contribution >= 0.6 is 11.3 Å². The molecule has 3 amide bonds. The molecular weight excluding hydrogens is 538 g/mol. The summed E-state index contributed by atoms with van der Waals surface area (Å²) in [6.45, 7) is 5.59. The lowest BCUT2D eigenvalue weighted by atomic mass is 10.0. The number of para-hydroxylation sites is 1. The van der Waals surface area contributed by atoms with Gasteiger partial charge in [0.1, 0.15) is 6.10 Å². The van der Waals surface area contributed by atoms with Gasteiger partial charge in [0.05, 0.1) is 17.1 Å². The number of piperazine rings is 1. The average Bonchev–Trinajstić information content (AvgIpc) is 3.45. The van der Waals surface area contributed by atoms with Crippen molar-refractivity contribution < 1.29 is 19.1 Å². The van der Waals surface area contributed by atoms with Crippen molar-refractivity contribution in [3.8, 4) is 11.1 Å². The SMILES string of the molecule is CN(CCN1CCC(OC(=O)Nc2ccccc2-c2ccccc2)CC1)C(=O)c1ccc(CN2CCNC(=O)C2)s1. The maximum absolute atomic E-state index is 13.0. The predicted molar refractivity (Wildman–Crippen MR) is 161 cm³/mol. The number of likely N-dealkylation sites (N-methyl/N-ethyl adjacent to an activating group) is 1. The second-order valence-electron chi connectivity index (χ2n) is 10.5. The summed E-state index contributed by atoms with van der Waals surface area (Å²) in [6, 6.07) is 21.5. The van der Waals surface area contributed by atoms with Crippen LogP contribution in [0.25, 0.3) is 11.1 Å². The number of nitrogens with zero attached hydrogens (tertiary/aromatic N) is 3. The number of benzene rings is 2. The molecule has 10 heteroatoms. The van der Waals surface area contributed by atoms with Gasteiger partial charge in [0.25, 0.3) is 5.91 Å². The third-order valence-corrected chi connectivity index (χ3v) is 8.58. The molecule has 9 nitrogen and oxygen atoms in total. The summed E-state index contributed by atoms with van der Waals surface area (Å²) in [5.74, 6) is 0.0654. The van der Waals surface area contributed by atoms with Gasteiger partial charge in [-0.3, -0.25) is 19.8 Å². The van der Waals surface area contributed by atoms with Crippen LogP contribution in [0.15, 0.2) is 66.7 Å². The Bertz CT molecular complexity index is 1340. The molecule has 2 aliphatic heterocycles. The summed E-state index contributed by atoms with van der Waals surface area (Å²) >= 11 is 1.50. The molecule has 2 aliphatic rings. The van der Waals surface area contributed by atoms with E-state index < -0.39 is 6.09 Å². The fourth-order valence-electron chi connectivity index (χ4n) is 5.21. The Hall–Kier alpha value is -3.73. The van der Waals surface area contributed by atoms with Crippen molar-refractivity contribution in [2.45, 2.75) is 25.5 Å². The van der Waals surface area contributed by atoms with E-state index in [0.29, 0.717) is 26.2 Å². The molecule has 2 saturated heterocycles. The molecule has 0 radical (unpaired) electrons. The molecule has 0 aliphatic carbocycles. The molecule has 1 aromatic heterocycles. The zero-order valence-corrected chi connectivity index (χ0v) is 24.2. The van der Waals surface area contributed by atoms with Crippen molar-refractivity contribution in [3.63, 3.8) is 0 Å². The number of hydrogen-bond donors (Lipinski definition) is 2. The molecule has 5 rings (SSSR count). The predicted octanol–water partition coefficient (Wildman–Crippen LogP) is 4.13. The second kappa shape index (κ2) is 13.8. The van der Waals surface area contributed by atoms with Crippen LogP contribution in [0.5, 0.6) is 0 Å². The van der Waals surface area contributed by atoms with Crippen molar-refractivity contribution in [2.75, 3.05) is 58.2 Å². The van der Waals surface area contributed by atoms with E-state index in [-0.39, 0.29) is 17.9 Å². The van der Waals surface area contributed by atoms with Gasteiger partial charge in [-0.25, -0.2) is 4.79 Å². The summed E-state index contributed by atoms with van der Waals surface area (Å²) in [6.07, 6.45) is 0.948. The van der Waals surface area contributed by atoms with E-state index in [0.717, 1.165) is 65.6 Å². The Balaban J connectivity index is 1.03. The number of carbonyl (C=O) groups excluding carboxylic acids is 3. The standard InChI is InChI=1S/C31H37N5O4S/c1-34(30(38)28-12-11-25(41-28)21-36-18-15-32-29(37)22-36)19-20-35-16-13-24(14-17-35)40-31(39)33-27-10-6-5-9-26(27)23-7-3-2-4-8-23/h2-12,24H,13-22H2,1H3,(H,32,37)(H,33,39). The first kappa shape index (κ1) is 28.8. The number of piperidine rings is 1. The van der Waals surface area contributed by atoms with E-state index in [2.05, 4.69) is 20.4 Å². The third-order valence-electron chi connectivity index (χ3n) is 7.52. The van der Waals surface area contributed by atoms with Crippen molar-refractivity contribution in [3.05, 3.63) is 76.5 Å². The molecule has 0 spiro atoms. The molecule has 3 aromatic rings. The zero-order chi connectivity index (χ0) is 28.6. The minimum Gasteiger partial charge on any atom is -0.446 e. The number of likely N-dealkylation sites (tertiary alicyclic amines) is 1. The van der Waals surface area contributed by atoms with Crippen molar-refractivity contribution in [2.24, 2.45) is 0 Å². The van der Waals surface area contributed by atoms with Crippen LogP contribution < -0.4 is 10.6 Å². The van der Waals surface area contributed by atoms with Gasteiger partial charge in [0, 0.05) is 63.3 Å². The Kier molecular flexibility index (Phi) is 9.66. The number of thiophene rings is 1. The van der Waals surface area contributed by atoms with Crippen LogP contribution in [-0.2, 0) is 16.1 Å². The lowest BCUT2D eigenvalue weighted by molar-refractivity contribution is -0.124. The number of hydrogen-bond acceptors (Lipinski definition) is 7.